The second-order valence-electron chi connectivity index (χ2n) is 6.22. The minimum absolute atomic E-state index is 0.478. The predicted molar refractivity (Wildman–Crippen MR) is 87.1 cm³/mol. The Morgan fingerprint density at radius 3 is 2.10 bits per heavy atom. The Bertz CT molecular complexity index is 340. The van der Waals surface area contributed by atoms with Crippen LogP contribution < -0.4 is 0 Å². The summed E-state index contributed by atoms with van der Waals surface area (Å²) in [4.78, 5) is 13.2. The van der Waals surface area contributed by atoms with Gasteiger partial charge in [0.05, 0.1) is 13.6 Å². The first-order valence-electron chi connectivity index (χ1n) is 8.73. The van der Waals surface area contributed by atoms with Crippen LogP contribution in [-0.4, -0.2) is 53.1 Å². The van der Waals surface area contributed by atoms with Gasteiger partial charge in [0.15, 0.2) is 0 Å². The largest absolute Gasteiger partial charge is 0.472 e. The Hall–Kier alpha value is -1.06. The number of carbonyl (C=O) groups is 1. The molecule has 0 aliphatic carbocycles. The molecule has 0 aromatic heterocycles. The standard InChI is InChI=1S/C17H32N2O2/c1-3-4-5-6-7-8-9-10-11-12-13-19-15-14-18(2)16(19)17(20)21/h3-15H2,1-2H3/p+1. The number of unbranched alkanes of at least 4 members (excludes halogenated alkanes) is 9. The predicted octanol–water partition coefficient (Wildman–Crippen LogP) is 3.35. The van der Waals surface area contributed by atoms with Crippen LogP contribution in [0.3, 0.4) is 0 Å². The molecule has 4 nitrogen and oxygen atoms in total. The number of aliphatic carboxylic acids is 1. The highest BCUT2D eigenvalue weighted by molar-refractivity contribution is 6.32. The molecule has 4 heteroatoms. The monoisotopic (exact) mass is 297 g/mol. The quantitative estimate of drug-likeness (QED) is 0.444. The topological polar surface area (TPSA) is 43.5 Å². The van der Waals surface area contributed by atoms with E-state index in [1.54, 1.807) is 0 Å². The lowest BCUT2D eigenvalue weighted by Crippen LogP contribution is -2.36. The van der Waals surface area contributed by atoms with Gasteiger partial charge in [-0.05, 0) is 12.8 Å². The third kappa shape index (κ3) is 6.96. The van der Waals surface area contributed by atoms with E-state index in [1.165, 1.54) is 57.8 Å². The van der Waals surface area contributed by atoms with Crippen LogP contribution in [0.5, 0.6) is 0 Å². The molecule has 1 aliphatic heterocycles. The number of carboxylic acids is 1. The summed E-state index contributed by atoms with van der Waals surface area (Å²) in [5.74, 6) is -0.312. The first-order chi connectivity index (χ1) is 10.2. The summed E-state index contributed by atoms with van der Waals surface area (Å²) >= 11 is 0. The fourth-order valence-corrected chi connectivity index (χ4v) is 3.03. The molecule has 1 N–H and O–H groups in total. The number of hydrogen-bond acceptors (Lipinski definition) is 2. The van der Waals surface area contributed by atoms with Crippen LogP contribution in [0.1, 0.15) is 71.1 Å². The summed E-state index contributed by atoms with van der Waals surface area (Å²) in [7, 11) is 1.86. The van der Waals surface area contributed by atoms with E-state index >= 15 is 0 Å². The molecule has 0 spiro atoms. The van der Waals surface area contributed by atoms with Crippen molar-refractivity contribution in [2.45, 2.75) is 71.1 Å². The smallest absolute Gasteiger partial charge is 0.418 e. The maximum Gasteiger partial charge on any atom is 0.418 e. The molecule has 0 atom stereocenters. The Morgan fingerprint density at radius 2 is 1.57 bits per heavy atom. The SMILES string of the molecule is CCCCCCCCCCCCN1CC[N+](C)=C1C(=O)O. The number of hydrogen-bond donors (Lipinski definition) is 1. The second-order valence-corrected chi connectivity index (χ2v) is 6.22. The molecule has 0 saturated carbocycles. The van der Waals surface area contributed by atoms with Crippen LogP contribution in [-0.2, 0) is 4.79 Å². The first kappa shape index (κ1) is 18.0. The number of nitrogens with zero attached hydrogens (tertiary/aromatic N) is 2. The molecule has 0 unspecified atom stereocenters. The summed E-state index contributed by atoms with van der Waals surface area (Å²) in [5.41, 5.74) is 0. The van der Waals surface area contributed by atoms with Gasteiger partial charge in [-0.15, -0.1) is 0 Å². The third-order valence-electron chi connectivity index (χ3n) is 4.34. The van der Waals surface area contributed by atoms with E-state index in [1.807, 2.05) is 16.5 Å². The van der Waals surface area contributed by atoms with Crippen LogP contribution >= 0.6 is 0 Å². The van der Waals surface area contributed by atoms with E-state index in [0.29, 0.717) is 5.84 Å². The van der Waals surface area contributed by atoms with Crippen LogP contribution in [0, 0.1) is 0 Å². The van der Waals surface area contributed by atoms with Gasteiger partial charge in [0, 0.05) is 0 Å². The Morgan fingerprint density at radius 1 is 1.05 bits per heavy atom. The zero-order chi connectivity index (χ0) is 15.5. The summed E-state index contributed by atoms with van der Waals surface area (Å²) < 4.78 is 1.85. The number of likely N-dealkylation sites (N-methyl/N-ethyl adjacent to an activating group) is 1. The van der Waals surface area contributed by atoms with Crippen molar-refractivity contribution in [1.82, 2.24) is 4.90 Å². The molecule has 122 valence electrons. The average Bonchev–Trinajstić information content (AvgIpc) is 2.82. The number of carboxylic acid groups (broad SMARTS) is 1. The van der Waals surface area contributed by atoms with Crippen molar-refractivity contribution in [3.63, 3.8) is 0 Å². The fourth-order valence-electron chi connectivity index (χ4n) is 3.03. The summed E-state index contributed by atoms with van der Waals surface area (Å²) in [6.45, 7) is 4.84. The van der Waals surface area contributed by atoms with E-state index < -0.39 is 5.97 Å². The molecule has 0 fully saturated rings. The molecule has 0 amide bonds. The molecule has 0 bridgehead atoms. The molecular formula is C17H33N2O2+. The molecular weight excluding hydrogens is 264 g/mol. The molecule has 0 aromatic carbocycles. The van der Waals surface area contributed by atoms with E-state index in [4.69, 9.17) is 0 Å². The van der Waals surface area contributed by atoms with Gasteiger partial charge in [0.1, 0.15) is 13.1 Å². The lowest BCUT2D eigenvalue weighted by molar-refractivity contribution is -0.486. The molecule has 0 radical (unpaired) electrons. The van der Waals surface area contributed by atoms with Crippen molar-refractivity contribution in [2.75, 3.05) is 26.7 Å². The lowest BCUT2D eigenvalue weighted by atomic mass is 10.1. The van der Waals surface area contributed by atoms with Crippen LogP contribution in [0.2, 0.25) is 0 Å². The Kier molecular flexibility index (Phi) is 9.11. The van der Waals surface area contributed by atoms with Gasteiger partial charge in [-0.25, -0.2) is 4.79 Å². The average molecular weight is 297 g/mol. The minimum atomic E-state index is -0.790. The molecule has 1 aliphatic rings. The van der Waals surface area contributed by atoms with Crippen LogP contribution in [0.25, 0.3) is 0 Å². The Balaban J connectivity index is 1.99. The van der Waals surface area contributed by atoms with Gasteiger partial charge in [-0.1, -0.05) is 58.3 Å². The van der Waals surface area contributed by atoms with Crippen molar-refractivity contribution in [3.05, 3.63) is 0 Å². The van der Waals surface area contributed by atoms with Crippen LogP contribution in [0.15, 0.2) is 0 Å². The normalized spacial score (nSPS) is 15.0. The second kappa shape index (κ2) is 10.6. The van der Waals surface area contributed by atoms with E-state index in [0.717, 1.165) is 26.1 Å². The highest BCUT2D eigenvalue weighted by Crippen LogP contribution is 2.11. The van der Waals surface area contributed by atoms with Gasteiger partial charge in [-0.3, -0.25) is 9.48 Å². The van der Waals surface area contributed by atoms with E-state index in [-0.39, 0.29) is 0 Å². The van der Waals surface area contributed by atoms with Gasteiger partial charge < -0.3 is 5.11 Å². The van der Waals surface area contributed by atoms with Gasteiger partial charge in [-0.2, -0.15) is 0 Å². The molecule has 0 aromatic rings. The summed E-state index contributed by atoms with van der Waals surface area (Å²) in [6, 6.07) is 0. The highest BCUT2D eigenvalue weighted by Gasteiger charge is 2.33. The van der Waals surface area contributed by atoms with Crippen molar-refractivity contribution in [3.8, 4) is 0 Å². The Labute approximate surface area is 129 Å². The summed E-state index contributed by atoms with van der Waals surface area (Å²) in [5, 5.41) is 9.20. The summed E-state index contributed by atoms with van der Waals surface area (Å²) in [6.07, 6.45) is 13.2. The van der Waals surface area contributed by atoms with E-state index in [9.17, 15) is 9.90 Å². The maximum atomic E-state index is 11.2. The molecule has 1 heterocycles. The van der Waals surface area contributed by atoms with Gasteiger partial charge in [0.25, 0.3) is 0 Å². The molecule has 1 rings (SSSR count). The van der Waals surface area contributed by atoms with Crippen LogP contribution in [0.4, 0.5) is 0 Å². The lowest BCUT2D eigenvalue weighted by Gasteiger charge is -2.10. The zero-order valence-electron chi connectivity index (χ0n) is 13.9. The van der Waals surface area contributed by atoms with Gasteiger partial charge >= 0.3 is 11.8 Å². The number of amidine groups is 1. The molecule has 21 heavy (non-hydrogen) atoms. The first-order valence-corrected chi connectivity index (χ1v) is 8.73. The molecule has 0 saturated heterocycles. The van der Waals surface area contributed by atoms with Crippen molar-refractivity contribution >= 4 is 11.8 Å². The fraction of sp³-hybridized carbons (Fsp3) is 0.882. The minimum Gasteiger partial charge on any atom is -0.472 e. The van der Waals surface area contributed by atoms with Crippen molar-refractivity contribution < 1.29 is 14.5 Å². The third-order valence-corrected chi connectivity index (χ3v) is 4.34. The van der Waals surface area contributed by atoms with Crippen molar-refractivity contribution in [2.24, 2.45) is 0 Å². The van der Waals surface area contributed by atoms with Crippen molar-refractivity contribution in [1.29, 1.82) is 0 Å². The van der Waals surface area contributed by atoms with E-state index in [2.05, 4.69) is 6.92 Å². The number of rotatable bonds is 12. The zero-order valence-corrected chi connectivity index (χ0v) is 13.9. The van der Waals surface area contributed by atoms with Gasteiger partial charge in [0.2, 0.25) is 0 Å². The maximum absolute atomic E-state index is 11.2. The highest BCUT2D eigenvalue weighted by atomic mass is 16.4.